The number of fused-ring (bicyclic) bond motifs is 1. The van der Waals surface area contributed by atoms with Crippen molar-refractivity contribution < 1.29 is 57.2 Å². The number of aliphatic hydroxyl groups is 1. The number of alkyl carbamates (subject to hydrolysis) is 2. The Bertz CT molecular complexity index is 1890. The third-order valence-electron chi connectivity index (χ3n) is 12.1. The molecule has 0 aliphatic carbocycles. The highest BCUT2D eigenvalue weighted by Crippen LogP contribution is 2.41. The molecule has 5 rings (SSSR count). The SMILES string of the molecule is CC[C@H]1OC(=O)[C@@](C)(F)C(=O)[C@H](C)[C@@H](O[C@@H]2O[C@H](C)C[C@H](N(C)C)[C@H]2O)[C@](C)(OC(=O)NC/C=C/c2ccc(-n3cccn3)cc2)C[C@@H](C)C(=O)[C@H](C)[C@H]2NC(=O)O[C@@]21C. The van der Waals surface area contributed by atoms with E-state index in [1.165, 1.54) is 20.8 Å². The quantitative estimate of drug-likeness (QED) is 0.181. The van der Waals surface area contributed by atoms with E-state index in [0.717, 1.165) is 18.2 Å². The second kappa shape index (κ2) is 18.5. The molecular formula is C43H60FN5O11. The van der Waals surface area contributed by atoms with Gasteiger partial charge >= 0.3 is 18.2 Å². The Labute approximate surface area is 350 Å². The van der Waals surface area contributed by atoms with Crippen molar-refractivity contribution in [3.8, 4) is 5.69 Å². The van der Waals surface area contributed by atoms with Crippen LogP contribution in [-0.4, -0.2) is 130 Å². The number of benzene rings is 1. The zero-order valence-electron chi connectivity index (χ0n) is 36.0. The molecule has 3 fully saturated rings. The second-order valence-electron chi connectivity index (χ2n) is 17.1. The predicted molar refractivity (Wildman–Crippen MR) is 216 cm³/mol. The maximum absolute atomic E-state index is 16.9. The minimum Gasteiger partial charge on any atom is -0.455 e. The fourth-order valence-corrected chi connectivity index (χ4v) is 8.83. The summed E-state index contributed by atoms with van der Waals surface area (Å²) in [6.07, 6.45) is -0.613. The van der Waals surface area contributed by atoms with Gasteiger partial charge in [-0.15, -0.1) is 0 Å². The van der Waals surface area contributed by atoms with Crippen LogP contribution in [0.15, 0.2) is 48.8 Å². The van der Waals surface area contributed by atoms with E-state index >= 15 is 4.39 Å². The molecule has 0 spiro atoms. The molecule has 0 saturated carbocycles. The standard InChI is InChI=1S/C43H60FN5O11/c1-11-31-43(8)34(47-40(55)60-43)26(4)32(50)24(2)23-41(6,59-39(54)45-19-12-14-28-15-17-29(18-16-28)49-21-13-20-46-49)36(27(5)35(52)42(7,44)38(53)57-31)58-37-33(51)30(48(9)10)22-25(3)56-37/h12-18,20-21,24-27,30-31,33-34,36-37,51H,11,19,22-23H2,1-10H3,(H,45,54)(H,47,55)/b14-12+/t24-,25-,26+,27+,30+,31-,33-,34-,36-,37+,41-,42+,43-/m1/s1. The highest BCUT2D eigenvalue weighted by atomic mass is 19.1. The molecule has 3 aliphatic heterocycles. The van der Waals surface area contributed by atoms with Gasteiger partial charge in [-0.05, 0) is 84.8 Å². The summed E-state index contributed by atoms with van der Waals surface area (Å²) in [6.45, 7) is 11.6. The van der Waals surface area contributed by atoms with E-state index in [4.69, 9.17) is 23.7 Å². The largest absolute Gasteiger partial charge is 0.455 e. The van der Waals surface area contributed by atoms with Crippen molar-refractivity contribution in [3.05, 3.63) is 54.4 Å². The van der Waals surface area contributed by atoms with Gasteiger partial charge in [0.15, 0.2) is 17.7 Å². The zero-order valence-corrected chi connectivity index (χ0v) is 36.0. The van der Waals surface area contributed by atoms with Crippen LogP contribution in [-0.2, 0) is 38.1 Å². The van der Waals surface area contributed by atoms with Gasteiger partial charge in [0.1, 0.15) is 29.7 Å². The van der Waals surface area contributed by atoms with Crippen molar-refractivity contribution in [3.63, 3.8) is 0 Å². The Morgan fingerprint density at radius 1 is 1.10 bits per heavy atom. The molecule has 0 bridgehead atoms. The first-order chi connectivity index (χ1) is 28.1. The molecule has 1 aromatic heterocycles. The van der Waals surface area contributed by atoms with E-state index in [1.807, 2.05) is 36.5 Å². The van der Waals surface area contributed by atoms with Crippen molar-refractivity contribution in [2.24, 2.45) is 17.8 Å². The number of aromatic nitrogens is 2. The fraction of sp³-hybridized carbons (Fsp3) is 0.628. The lowest BCUT2D eigenvalue weighted by atomic mass is 9.73. The molecule has 16 nitrogen and oxygen atoms in total. The highest BCUT2D eigenvalue weighted by Gasteiger charge is 2.60. The maximum atomic E-state index is 16.9. The van der Waals surface area contributed by atoms with Gasteiger partial charge in [0.2, 0.25) is 0 Å². The Kier molecular flexibility index (Phi) is 14.3. The Morgan fingerprint density at radius 3 is 2.40 bits per heavy atom. The van der Waals surface area contributed by atoms with Crippen LogP contribution in [0.4, 0.5) is 14.0 Å². The van der Waals surface area contributed by atoms with Gasteiger partial charge < -0.3 is 44.3 Å². The topological polar surface area (TPSA) is 197 Å². The fourth-order valence-electron chi connectivity index (χ4n) is 8.83. The number of nitrogens with zero attached hydrogens (tertiary/aromatic N) is 3. The molecule has 0 radical (unpaired) electrons. The lowest BCUT2D eigenvalue weighted by Crippen LogP contribution is -2.62. The number of hydrogen-bond acceptors (Lipinski definition) is 13. The van der Waals surface area contributed by atoms with Crippen LogP contribution in [0.25, 0.3) is 11.8 Å². The summed E-state index contributed by atoms with van der Waals surface area (Å²) in [5.74, 6) is -6.67. The normalized spacial score (nSPS) is 36.9. The lowest BCUT2D eigenvalue weighted by Gasteiger charge is -2.47. The van der Waals surface area contributed by atoms with Crippen LogP contribution in [0.3, 0.4) is 0 Å². The number of hydrogen-bond donors (Lipinski definition) is 3. The van der Waals surface area contributed by atoms with Crippen LogP contribution in [0, 0.1) is 17.8 Å². The molecule has 60 heavy (non-hydrogen) atoms. The number of carbonyl (C=O) groups is 5. The number of amides is 2. The zero-order chi connectivity index (χ0) is 44.3. The summed E-state index contributed by atoms with van der Waals surface area (Å²) in [5.41, 5.74) is -5.13. The van der Waals surface area contributed by atoms with Crippen molar-refractivity contribution in [2.45, 2.75) is 134 Å². The molecule has 4 heterocycles. The maximum Gasteiger partial charge on any atom is 0.408 e. The van der Waals surface area contributed by atoms with E-state index in [-0.39, 0.29) is 25.2 Å². The Hall–Kier alpha value is -4.71. The van der Waals surface area contributed by atoms with Crippen LogP contribution in [0.2, 0.25) is 0 Å². The smallest absolute Gasteiger partial charge is 0.408 e. The number of rotatable bonds is 9. The number of likely N-dealkylation sites (N-methyl/N-ethyl adjacent to an activating group) is 1. The van der Waals surface area contributed by atoms with Gasteiger partial charge in [-0.25, -0.2) is 23.5 Å². The van der Waals surface area contributed by atoms with E-state index in [1.54, 1.807) is 69.7 Å². The average molecular weight is 842 g/mol. The number of cyclic esters (lactones) is 1. The molecule has 3 saturated heterocycles. The van der Waals surface area contributed by atoms with E-state index in [9.17, 15) is 29.1 Å². The van der Waals surface area contributed by atoms with Gasteiger partial charge in [0.25, 0.3) is 5.67 Å². The van der Waals surface area contributed by atoms with Gasteiger partial charge in [0.05, 0.1) is 17.8 Å². The van der Waals surface area contributed by atoms with E-state index < -0.39 is 101 Å². The first-order valence-corrected chi connectivity index (χ1v) is 20.5. The number of nitrogens with one attached hydrogen (secondary N) is 2. The van der Waals surface area contributed by atoms with Gasteiger partial charge in [-0.1, -0.05) is 52.0 Å². The molecule has 2 aromatic rings. The number of halogens is 1. The molecule has 3 aliphatic rings. The molecule has 0 unspecified atom stereocenters. The van der Waals surface area contributed by atoms with Crippen molar-refractivity contribution >= 4 is 35.8 Å². The monoisotopic (exact) mass is 841 g/mol. The molecule has 2 amide bonds. The minimum absolute atomic E-state index is 0.000768. The van der Waals surface area contributed by atoms with Crippen molar-refractivity contribution in [1.29, 1.82) is 0 Å². The lowest BCUT2D eigenvalue weighted by molar-refractivity contribution is -0.292. The Morgan fingerprint density at radius 2 is 1.78 bits per heavy atom. The molecule has 1 aromatic carbocycles. The predicted octanol–water partition coefficient (Wildman–Crippen LogP) is 4.55. The van der Waals surface area contributed by atoms with Gasteiger partial charge in [-0.2, -0.15) is 5.10 Å². The number of ether oxygens (including phenoxy) is 5. The summed E-state index contributed by atoms with van der Waals surface area (Å²) in [7, 11) is 3.56. The number of carbonyl (C=O) groups excluding carboxylic acids is 5. The number of ketones is 2. The molecular weight excluding hydrogens is 781 g/mol. The molecule has 13 atom stereocenters. The van der Waals surface area contributed by atoms with Crippen molar-refractivity contribution in [2.75, 3.05) is 20.6 Å². The van der Waals surface area contributed by atoms with Crippen LogP contribution in [0.1, 0.15) is 80.2 Å². The first-order valence-electron chi connectivity index (χ1n) is 20.5. The summed E-state index contributed by atoms with van der Waals surface area (Å²) in [6, 6.07) is 7.87. The van der Waals surface area contributed by atoms with E-state index in [2.05, 4.69) is 15.7 Å². The van der Waals surface area contributed by atoms with Crippen molar-refractivity contribution in [1.82, 2.24) is 25.3 Å². The third kappa shape index (κ3) is 9.74. The highest BCUT2D eigenvalue weighted by molar-refractivity contribution is 6.08. The number of esters is 1. The molecule has 17 heteroatoms. The third-order valence-corrected chi connectivity index (χ3v) is 12.1. The summed E-state index contributed by atoms with van der Waals surface area (Å²) >= 11 is 0. The minimum atomic E-state index is -3.29. The summed E-state index contributed by atoms with van der Waals surface area (Å²) in [5, 5.41) is 21.1. The van der Waals surface area contributed by atoms with Crippen LogP contribution >= 0.6 is 0 Å². The summed E-state index contributed by atoms with van der Waals surface area (Å²) in [4.78, 5) is 70.9. The average Bonchev–Trinajstić information content (AvgIpc) is 3.85. The first kappa shape index (κ1) is 46.4. The number of aliphatic hydroxyl groups excluding tert-OH is 1. The van der Waals surface area contributed by atoms with Crippen LogP contribution in [0.5, 0.6) is 0 Å². The second-order valence-corrected chi connectivity index (χ2v) is 17.1. The Balaban J connectivity index is 1.51. The molecule has 330 valence electrons. The molecule has 3 N–H and O–H groups in total. The van der Waals surface area contributed by atoms with Gasteiger partial charge in [-0.3, -0.25) is 9.59 Å². The number of alkyl halides is 1. The van der Waals surface area contributed by atoms with E-state index in [0.29, 0.717) is 6.42 Å². The van der Waals surface area contributed by atoms with Crippen LogP contribution < -0.4 is 10.6 Å². The van der Waals surface area contributed by atoms with Gasteiger partial charge in [0, 0.05) is 42.7 Å². The number of Topliss-reactive ketones (excluding diaryl/α,β-unsaturated/α-hetero) is 2. The summed E-state index contributed by atoms with van der Waals surface area (Å²) < 4.78 is 48.6.